The van der Waals surface area contributed by atoms with Gasteiger partial charge in [0.05, 0.1) is 6.10 Å². The van der Waals surface area contributed by atoms with Crippen molar-refractivity contribution in [2.24, 2.45) is 0 Å². The first kappa shape index (κ1) is 17.7. The van der Waals surface area contributed by atoms with E-state index in [-0.39, 0.29) is 41.6 Å². The van der Waals surface area contributed by atoms with E-state index >= 15 is 0 Å². The van der Waals surface area contributed by atoms with Crippen LogP contribution < -0.4 is 34.7 Å². The standard InChI is InChI=1S/C5H10O2.CH2O3.Na/c1-4(2)7-5(3)6;2-1(3)4;/h4H,1-3H3;(H2,2,3,4);/q;;+1/p-1. The van der Waals surface area contributed by atoms with Crippen molar-refractivity contribution < 1.29 is 54.1 Å². The van der Waals surface area contributed by atoms with Gasteiger partial charge in [-0.1, -0.05) is 0 Å². The third kappa shape index (κ3) is 53.2. The van der Waals surface area contributed by atoms with Crippen LogP contribution in [0.3, 0.4) is 0 Å². The van der Waals surface area contributed by atoms with Crippen LogP contribution in [0.2, 0.25) is 0 Å². The maximum atomic E-state index is 10.0. The molecule has 0 aliphatic carbocycles. The first-order chi connectivity index (χ1) is 4.86. The molecule has 0 bridgehead atoms. The second-order valence-electron chi connectivity index (χ2n) is 1.92. The van der Waals surface area contributed by atoms with Crippen LogP contribution >= 0.6 is 0 Å². The second kappa shape index (κ2) is 10.7. The van der Waals surface area contributed by atoms with Gasteiger partial charge in [0.15, 0.2) is 0 Å². The molecule has 5 nitrogen and oxygen atoms in total. The summed E-state index contributed by atoms with van der Waals surface area (Å²) < 4.78 is 4.61. The Morgan fingerprint density at radius 1 is 1.42 bits per heavy atom. The quantitative estimate of drug-likeness (QED) is 0.345. The number of carbonyl (C=O) groups excluding carboxylic acids is 1. The van der Waals surface area contributed by atoms with E-state index in [0.717, 1.165) is 0 Å². The number of rotatable bonds is 1. The van der Waals surface area contributed by atoms with E-state index < -0.39 is 6.16 Å². The number of hydrogen-bond acceptors (Lipinski definition) is 4. The fraction of sp³-hybridized carbons (Fsp3) is 0.667. The average Bonchev–Trinajstić information content (AvgIpc) is 1.56. The zero-order chi connectivity index (χ0) is 9.44. The molecule has 0 saturated heterocycles. The molecule has 0 heterocycles. The molecule has 0 aromatic heterocycles. The molecule has 0 unspecified atom stereocenters. The molecule has 0 amide bonds. The van der Waals surface area contributed by atoms with Gasteiger partial charge in [-0.2, -0.15) is 0 Å². The molecule has 12 heavy (non-hydrogen) atoms. The molecule has 0 fully saturated rings. The Hall–Kier alpha value is -0.260. The molecular formula is C6H11NaO5. The molecule has 0 radical (unpaired) electrons. The van der Waals surface area contributed by atoms with Gasteiger partial charge in [0, 0.05) is 6.92 Å². The molecule has 0 saturated carbocycles. The minimum absolute atomic E-state index is 0. The Balaban J connectivity index is -0.000000142. The van der Waals surface area contributed by atoms with Crippen molar-refractivity contribution in [2.75, 3.05) is 0 Å². The molecule has 0 rings (SSSR count). The second-order valence-corrected chi connectivity index (χ2v) is 1.92. The van der Waals surface area contributed by atoms with E-state index in [1.54, 1.807) is 0 Å². The minimum atomic E-state index is -2.08. The predicted molar refractivity (Wildman–Crippen MR) is 34.9 cm³/mol. The van der Waals surface area contributed by atoms with Gasteiger partial charge in [-0.15, -0.1) is 0 Å². The molecule has 0 aliphatic heterocycles. The summed E-state index contributed by atoms with van der Waals surface area (Å²) in [5.41, 5.74) is 0. The summed E-state index contributed by atoms with van der Waals surface area (Å²) in [4.78, 5) is 18.5. The number of ether oxygens (including phenoxy) is 1. The van der Waals surface area contributed by atoms with Crippen molar-refractivity contribution in [2.45, 2.75) is 26.9 Å². The SMILES string of the molecule is CC(=O)OC(C)C.O=C([O-])O.[Na+]. The maximum absolute atomic E-state index is 10.0. The fourth-order valence-electron chi connectivity index (χ4n) is 0.332. The Morgan fingerprint density at radius 2 is 1.67 bits per heavy atom. The third-order valence-electron chi connectivity index (χ3n) is 0.402. The van der Waals surface area contributed by atoms with Gasteiger partial charge < -0.3 is 19.7 Å². The van der Waals surface area contributed by atoms with Crippen molar-refractivity contribution in [3.05, 3.63) is 0 Å². The molecule has 0 aromatic carbocycles. The van der Waals surface area contributed by atoms with Crippen molar-refractivity contribution in [1.82, 2.24) is 0 Å². The van der Waals surface area contributed by atoms with Crippen LogP contribution in [-0.2, 0) is 9.53 Å². The maximum Gasteiger partial charge on any atom is 1.00 e. The first-order valence-electron chi connectivity index (χ1n) is 2.93. The summed E-state index contributed by atoms with van der Waals surface area (Å²) in [7, 11) is 0. The first-order valence-corrected chi connectivity index (χ1v) is 2.93. The number of esters is 1. The van der Waals surface area contributed by atoms with E-state index in [9.17, 15) is 4.79 Å². The third-order valence-corrected chi connectivity index (χ3v) is 0.402. The van der Waals surface area contributed by atoms with Gasteiger partial charge in [0.25, 0.3) is 0 Å². The van der Waals surface area contributed by atoms with Gasteiger partial charge in [-0.05, 0) is 13.8 Å². The smallest absolute Gasteiger partial charge is 0.565 e. The van der Waals surface area contributed by atoms with Crippen LogP contribution in [0.5, 0.6) is 0 Å². The van der Waals surface area contributed by atoms with E-state index in [4.69, 9.17) is 15.0 Å². The van der Waals surface area contributed by atoms with Crippen molar-refractivity contribution in [3.63, 3.8) is 0 Å². The van der Waals surface area contributed by atoms with Crippen LogP contribution in [0.4, 0.5) is 4.79 Å². The van der Waals surface area contributed by atoms with Crippen LogP contribution in [0.1, 0.15) is 20.8 Å². The molecule has 0 spiro atoms. The summed E-state index contributed by atoms with van der Waals surface area (Å²) in [5, 5.41) is 15.3. The van der Waals surface area contributed by atoms with E-state index in [2.05, 4.69) is 4.74 Å². The van der Waals surface area contributed by atoms with Crippen LogP contribution in [0, 0.1) is 0 Å². The molecule has 6 heteroatoms. The zero-order valence-electron chi connectivity index (χ0n) is 7.66. The van der Waals surface area contributed by atoms with Crippen LogP contribution in [0.25, 0.3) is 0 Å². The molecule has 0 atom stereocenters. The summed E-state index contributed by atoms with van der Waals surface area (Å²) in [5.74, 6) is -0.213. The van der Waals surface area contributed by atoms with E-state index in [1.807, 2.05) is 13.8 Å². The van der Waals surface area contributed by atoms with Gasteiger partial charge in [-0.25, -0.2) is 0 Å². The van der Waals surface area contributed by atoms with Crippen molar-refractivity contribution >= 4 is 12.1 Å². The summed E-state index contributed by atoms with van der Waals surface area (Å²) in [6.07, 6.45) is -2.06. The Labute approximate surface area is 93.0 Å². The zero-order valence-corrected chi connectivity index (χ0v) is 9.66. The van der Waals surface area contributed by atoms with Crippen molar-refractivity contribution in [1.29, 1.82) is 0 Å². The van der Waals surface area contributed by atoms with Crippen LogP contribution in [0.15, 0.2) is 0 Å². The van der Waals surface area contributed by atoms with E-state index in [0.29, 0.717) is 0 Å². The number of carbonyl (C=O) groups is 2. The summed E-state index contributed by atoms with van der Waals surface area (Å²) in [6, 6.07) is 0. The number of carboxylic acid groups (broad SMARTS) is 2. The molecule has 0 aromatic rings. The Kier molecular flexibility index (Phi) is 15.9. The van der Waals surface area contributed by atoms with Gasteiger partial charge >= 0.3 is 35.5 Å². The molecule has 66 valence electrons. The Morgan fingerprint density at radius 3 is 1.67 bits per heavy atom. The largest absolute Gasteiger partial charge is 1.00 e. The molecule has 0 aliphatic rings. The average molecular weight is 186 g/mol. The topological polar surface area (TPSA) is 86.7 Å². The van der Waals surface area contributed by atoms with Crippen molar-refractivity contribution in [3.8, 4) is 0 Å². The van der Waals surface area contributed by atoms with Gasteiger partial charge in [0.2, 0.25) is 6.16 Å². The monoisotopic (exact) mass is 186 g/mol. The van der Waals surface area contributed by atoms with Gasteiger partial charge in [0.1, 0.15) is 0 Å². The fourth-order valence-corrected chi connectivity index (χ4v) is 0.332. The summed E-state index contributed by atoms with van der Waals surface area (Å²) in [6.45, 7) is 5.04. The minimum Gasteiger partial charge on any atom is -0.565 e. The number of hydrogen-bond donors (Lipinski definition) is 1. The van der Waals surface area contributed by atoms with Crippen LogP contribution in [-0.4, -0.2) is 23.3 Å². The predicted octanol–water partition coefficient (Wildman–Crippen LogP) is -3.15. The molecule has 1 N–H and O–H groups in total. The van der Waals surface area contributed by atoms with Gasteiger partial charge in [-0.3, -0.25) is 4.79 Å². The normalized spacial score (nSPS) is 7.33. The Bertz CT molecular complexity index is 130. The molecular weight excluding hydrogens is 175 g/mol. The summed E-state index contributed by atoms with van der Waals surface area (Å²) >= 11 is 0. The van der Waals surface area contributed by atoms with E-state index in [1.165, 1.54) is 6.92 Å².